The summed E-state index contributed by atoms with van der Waals surface area (Å²) in [6, 6.07) is 48.9. The van der Waals surface area contributed by atoms with Crippen molar-refractivity contribution in [1.29, 1.82) is 0 Å². The first kappa shape index (κ1) is 37.9. The van der Waals surface area contributed by atoms with E-state index in [-0.39, 0.29) is 30.6 Å². The lowest BCUT2D eigenvalue weighted by molar-refractivity contribution is 0.248. The summed E-state index contributed by atoms with van der Waals surface area (Å²) in [5.41, 5.74) is 11.3. The van der Waals surface area contributed by atoms with Crippen molar-refractivity contribution in [3.8, 4) is 62.1 Å². The summed E-state index contributed by atoms with van der Waals surface area (Å²) in [6.07, 6.45) is 0.431. The van der Waals surface area contributed by atoms with Crippen molar-refractivity contribution in [2.75, 3.05) is 13.2 Å². The normalized spacial score (nSPS) is 12.2. The van der Waals surface area contributed by atoms with E-state index in [0.717, 1.165) is 60.8 Å². The number of aromatic nitrogens is 1. The van der Waals surface area contributed by atoms with Gasteiger partial charge in [0, 0.05) is 50.9 Å². The third-order valence-electron chi connectivity index (χ3n) is 11.8. The SMILES string of the molecule is Cc1cc(-c2cc(F)ccc2OCCCOc2ccc(F)cc2-c2cc(C)cc(-n3c4ccccc4c4ccccc43)c2O)c(O)c(C2c3ccccc3-c3ccccc32)c1. The molecule has 0 fully saturated rings. The minimum atomic E-state index is -0.460. The molecule has 0 saturated carbocycles. The van der Waals surface area contributed by atoms with Crippen LogP contribution in [0.1, 0.15) is 40.2 Å². The molecule has 10 rings (SSSR count). The fourth-order valence-corrected chi connectivity index (χ4v) is 9.14. The highest BCUT2D eigenvalue weighted by atomic mass is 19.1. The molecule has 7 heteroatoms. The Labute approximate surface area is 352 Å². The van der Waals surface area contributed by atoms with Gasteiger partial charge in [0.05, 0.1) is 29.9 Å². The zero-order valence-electron chi connectivity index (χ0n) is 33.6. The zero-order chi connectivity index (χ0) is 41.8. The molecular formula is C54H41F2NO4. The highest BCUT2D eigenvalue weighted by Gasteiger charge is 2.32. The Balaban J connectivity index is 0.912. The topological polar surface area (TPSA) is 63.9 Å². The average molecular weight is 806 g/mol. The molecule has 0 unspecified atom stereocenters. The Kier molecular flexibility index (Phi) is 9.52. The van der Waals surface area contributed by atoms with Crippen LogP contribution in [-0.2, 0) is 0 Å². The summed E-state index contributed by atoms with van der Waals surface area (Å²) < 4.78 is 44.6. The first-order valence-electron chi connectivity index (χ1n) is 20.4. The lowest BCUT2D eigenvalue weighted by atomic mass is 9.85. The molecule has 0 radical (unpaired) electrons. The number of phenols is 2. The van der Waals surface area contributed by atoms with E-state index in [0.29, 0.717) is 45.9 Å². The van der Waals surface area contributed by atoms with E-state index >= 15 is 0 Å². The number of ether oxygens (including phenoxy) is 2. The maximum atomic E-state index is 15.0. The van der Waals surface area contributed by atoms with E-state index in [9.17, 15) is 19.0 Å². The predicted molar refractivity (Wildman–Crippen MR) is 239 cm³/mol. The van der Waals surface area contributed by atoms with Crippen molar-refractivity contribution < 1.29 is 28.5 Å². The minimum Gasteiger partial charge on any atom is -0.507 e. The Hall–Kier alpha value is -7.38. The number of fused-ring (bicyclic) bond motifs is 6. The molecule has 300 valence electrons. The van der Waals surface area contributed by atoms with Gasteiger partial charge in [-0.2, -0.15) is 0 Å². The number of halogens is 2. The summed E-state index contributed by atoms with van der Waals surface area (Å²) in [5, 5.41) is 26.1. The number of phenolic OH excluding ortho intramolecular Hbond substituents is 2. The van der Waals surface area contributed by atoms with E-state index < -0.39 is 11.6 Å². The smallest absolute Gasteiger partial charge is 0.147 e. The van der Waals surface area contributed by atoms with E-state index in [1.54, 1.807) is 12.1 Å². The first-order valence-corrected chi connectivity index (χ1v) is 20.4. The summed E-state index contributed by atoms with van der Waals surface area (Å²) in [4.78, 5) is 0. The van der Waals surface area contributed by atoms with Crippen LogP contribution in [0.2, 0.25) is 0 Å². The molecule has 0 bridgehead atoms. The average Bonchev–Trinajstić information content (AvgIpc) is 3.79. The van der Waals surface area contributed by atoms with Crippen LogP contribution in [0.5, 0.6) is 23.0 Å². The molecule has 8 aromatic carbocycles. The van der Waals surface area contributed by atoms with Gasteiger partial charge in [0.15, 0.2) is 0 Å². The first-order chi connectivity index (χ1) is 29.7. The van der Waals surface area contributed by atoms with Crippen LogP contribution in [0.4, 0.5) is 8.78 Å². The predicted octanol–water partition coefficient (Wildman–Crippen LogP) is 13.4. The van der Waals surface area contributed by atoms with Crippen LogP contribution >= 0.6 is 0 Å². The zero-order valence-corrected chi connectivity index (χ0v) is 33.6. The Morgan fingerprint density at radius 2 is 0.951 bits per heavy atom. The van der Waals surface area contributed by atoms with Crippen LogP contribution < -0.4 is 9.47 Å². The van der Waals surface area contributed by atoms with Crippen molar-refractivity contribution in [1.82, 2.24) is 4.57 Å². The molecule has 2 N–H and O–H groups in total. The Morgan fingerprint density at radius 3 is 1.51 bits per heavy atom. The van der Waals surface area contributed by atoms with E-state index in [1.807, 2.05) is 103 Å². The number of rotatable bonds is 10. The van der Waals surface area contributed by atoms with Crippen molar-refractivity contribution in [3.05, 3.63) is 197 Å². The Bertz CT molecular complexity index is 3070. The number of aromatic hydroxyl groups is 2. The second-order valence-corrected chi connectivity index (χ2v) is 15.7. The molecule has 5 nitrogen and oxygen atoms in total. The fraction of sp³-hybridized carbons (Fsp3) is 0.111. The van der Waals surface area contributed by atoms with Crippen LogP contribution in [0.3, 0.4) is 0 Å². The van der Waals surface area contributed by atoms with Crippen molar-refractivity contribution in [2.24, 2.45) is 0 Å². The van der Waals surface area contributed by atoms with Crippen LogP contribution in [0, 0.1) is 25.5 Å². The van der Waals surface area contributed by atoms with Gasteiger partial charge in [-0.3, -0.25) is 0 Å². The maximum Gasteiger partial charge on any atom is 0.147 e. The molecule has 0 atom stereocenters. The van der Waals surface area contributed by atoms with Gasteiger partial charge in [-0.05, 0) is 114 Å². The van der Waals surface area contributed by atoms with Gasteiger partial charge < -0.3 is 24.3 Å². The summed E-state index contributed by atoms with van der Waals surface area (Å²) in [6.45, 7) is 4.35. The van der Waals surface area contributed by atoms with Gasteiger partial charge in [0.25, 0.3) is 0 Å². The van der Waals surface area contributed by atoms with Crippen LogP contribution in [0.25, 0.3) is 60.9 Å². The highest BCUT2D eigenvalue weighted by Crippen LogP contribution is 2.52. The highest BCUT2D eigenvalue weighted by molar-refractivity contribution is 6.09. The molecule has 1 aromatic heterocycles. The summed E-state index contributed by atoms with van der Waals surface area (Å²) in [5.74, 6) is -0.198. The van der Waals surface area contributed by atoms with Crippen molar-refractivity contribution in [2.45, 2.75) is 26.2 Å². The van der Waals surface area contributed by atoms with Gasteiger partial charge in [0.1, 0.15) is 34.6 Å². The number of hydrogen-bond donors (Lipinski definition) is 2. The fourth-order valence-electron chi connectivity index (χ4n) is 9.14. The molecule has 0 spiro atoms. The van der Waals surface area contributed by atoms with E-state index in [1.165, 1.54) is 24.3 Å². The van der Waals surface area contributed by atoms with Gasteiger partial charge in [-0.15, -0.1) is 0 Å². The van der Waals surface area contributed by atoms with Crippen LogP contribution in [0.15, 0.2) is 158 Å². The lowest BCUT2D eigenvalue weighted by Crippen LogP contribution is -2.07. The van der Waals surface area contributed by atoms with Crippen LogP contribution in [-0.4, -0.2) is 28.0 Å². The van der Waals surface area contributed by atoms with E-state index in [4.69, 9.17) is 9.47 Å². The number of aryl methyl sites for hydroxylation is 2. The van der Waals surface area contributed by atoms with E-state index in [2.05, 4.69) is 36.4 Å². The molecule has 1 aliphatic rings. The molecule has 9 aromatic rings. The number of hydrogen-bond acceptors (Lipinski definition) is 4. The number of para-hydroxylation sites is 2. The van der Waals surface area contributed by atoms with Gasteiger partial charge >= 0.3 is 0 Å². The largest absolute Gasteiger partial charge is 0.507 e. The molecule has 61 heavy (non-hydrogen) atoms. The second-order valence-electron chi connectivity index (χ2n) is 15.7. The minimum absolute atomic E-state index is 0.00337. The van der Waals surface area contributed by atoms with Crippen molar-refractivity contribution >= 4 is 21.8 Å². The monoisotopic (exact) mass is 805 g/mol. The summed E-state index contributed by atoms with van der Waals surface area (Å²) in [7, 11) is 0. The third kappa shape index (κ3) is 6.63. The van der Waals surface area contributed by atoms with Crippen molar-refractivity contribution in [3.63, 3.8) is 0 Å². The Morgan fingerprint density at radius 1 is 0.475 bits per heavy atom. The molecular weight excluding hydrogens is 765 g/mol. The van der Waals surface area contributed by atoms with Gasteiger partial charge in [-0.25, -0.2) is 8.78 Å². The third-order valence-corrected chi connectivity index (χ3v) is 11.8. The standard InChI is InChI=1S/C54H41F2NO4/c1-32-26-44(53(58)46(28-32)52-40-16-5-3-12-36(40)37-13-4-6-17-41(37)52)42-30-34(55)20-22-50(42)60-24-11-25-61-51-23-21-35(56)31-43(51)45-27-33(2)29-49(54(45)59)57-47-18-9-7-14-38(47)39-15-8-10-19-48(39)57/h3-10,12-23,26-31,52,58-59H,11,24-25H2,1-2H3. The number of benzene rings is 8. The van der Waals surface area contributed by atoms with Gasteiger partial charge in [0.2, 0.25) is 0 Å². The summed E-state index contributed by atoms with van der Waals surface area (Å²) >= 11 is 0. The second kappa shape index (κ2) is 15.3. The lowest BCUT2D eigenvalue weighted by Gasteiger charge is -2.20. The molecule has 0 amide bonds. The quantitative estimate of drug-likeness (QED) is 0.135. The molecule has 0 aliphatic heterocycles. The molecule has 1 aliphatic carbocycles. The molecule has 1 heterocycles. The van der Waals surface area contributed by atoms with Gasteiger partial charge in [-0.1, -0.05) is 91.0 Å². The maximum absolute atomic E-state index is 15.0. The molecule has 0 saturated heterocycles. The number of nitrogens with zero attached hydrogens (tertiary/aromatic N) is 1.